The van der Waals surface area contributed by atoms with E-state index in [4.69, 9.17) is 0 Å². The quantitative estimate of drug-likeness (QED) is 0.906. The van der Waals surface area contributed by atoms with Crippen LogP contribution in [0.25, 0.3) is 0 Å². The number of nitrogens with zero attached hydrogens (tertiary/aromatic N) is 1. The first-order valence-electron chi connectivity index (χ1n) is 7.28. The minimum atomic E-state index is -0.236. The highest BCUT2D eigenvalue weighted by Gasteiger charge is 2.39. The molecule has 3 rings (SSSR count). The fourth-order valence-corrected chi connectivity index (χ4v) is 3.28. The van der Waals surface area contributed by atoms with Gasteiger partial charge in [0.2, 0.25) is 0 Å². The number of hydrogen-bond donors (Lipinski definition) is 2. The van der Waals surface area contributed by atoms with Crippen LogP contribution in [0.15, 0.2) is 30.5 Å². The summed E-state index contributed by atoms with van der Waals surface area (Å²) >= 11 is 1.58. The number of benzene rings is 1. The summed E-state index contributed by atoms with van der Waals surface area (Å²) in [5.41, 5.74) is 0.939. The SMILES string of the molecule is Cc1cnc([C@H](C)NC(=O)N[C@@H]2C[C@H]2c2cccc(F)c2)s1. The smallest absolute Gasteiger partial charge is 0.315 e. The van der Waals surface area contributed by atoms with Crippen molar-refractivity contribution in [1.29, 1.82) is 0 Å². The number of amides is 2. The topological polar surface area (TPSA) is 54.0 Å². The van der Waals surface area contributed by atoms with Crippen LogP contribution in [0.3, 0.4) is 0 Å². The van der Waals surface area contributed by atoms with Crippen molar-refractivity contribution in [2.24, 2.45) is 0 Å². The van der Waals surface area contributed by atoms with Gasteiger partial charge >= 0.3 is 6.03 Å². The van der Waals surface area contributed by atoms with Gasteiger partial charge in [0.05, 0.1) is 6.04 Å². The van der Waals surface area contributed by atoms with E-state index in [1.165, 1.54) is 12.1 Å². The van der Waals surface area contributed by atoms with Gasteiger partial charge in [0.1, 0.15) is 10.8 Å². The molecule has 0 spiro atoms. The molecular weight excluding hydrogens is 301 g/mol. The molecule has 1 aliphatic carbocycles. The zero-order valence-corrected chi connectivity index (χ0v) is 13.3. The summed E-state index contributed by atoms with van der Waals surface area (Å²) in [4.78, 5) is 17.4. The molecule has 2 N–H and O–H groups in total. The maximum atomic E-state index is 13.2. The van der Waals surface area contributed by atoms with Crippen molar-refractivity contribution >= 4 is 17.4 Å². The number of aromatic nitrogens is 1. The van der Waals surface area contributed by atoms with E-state index in [9.17, 15) is 9.18 Å². The van der Waals surface area contributed by atoms with Crippen molar-refractivity contribution in [2.45, 2.75) is 38.3 Å². The van der Waals surface area contributed by atoms with Crippen LogP contribution in [0.2, 0.25) is 0 Å². The molecule has 0 saturated heterocycles. The monoisotopic (exact) mass is 319 g/mol. The number of halogens is 1. The van der Waals surface area contributed by atoms with E-state index >= 15 is 0 Å². The number of hydrogen-bond acceptors (Lipinski definition) is 3. The zero-order valence-electron chi connectivity index (χ0n) is 12.5. The van der Waals surface area contributed by atoms with Gasteiger partial charge in [-0.05, 0) is 38.0 Å². The second-order valence-corrected chi connectivity index (χ2v) is 6.92. The molecule has 0 aliphatic heterocycles. The summed E-state index contributed by atoms with van der Waals surface area (Å²) in [5.74, 6) is -0.0285. The van der Waals surface area contributed by atoms with Gasteiger partial charge in [0, 0.05) is 23.0 Å². The number of thiazole rings is 1. The predicted molar refractivity (Wildman–Crippen MR) is 84.5 cm³/mol. The lowest BCUT2D eigenvalue weighted by Gasteiger charge is -2.12. The van der Waals surface area contributed by atoms with Crippen molar-refractivity contribution in [2.75, 3.05) is 0 Å². The molecule has 0 bridgehead atoms. The van der Waals surface area contributed by atoms with Gasteiger partial charge in [-0.25, -0.2) is 14.2 Å². The summed E-state index contributed by atoms with van der Waals surface area (Å²) in [5, 5.41) is 6.72. The normalized spacial score (nSPS) is 21.2. The van der Waals surface area contributed by atoms with Crippen LogP contribution in [0, 0.1) is 12.7 Å². The number of aryl methyl sites for hydroxylation is 1. The van der Waals surface area contributed by atoms with Gasteiger partial charge in [-0.3, -0.25) is 0 Å². The Hall–Kier alpha value is -1.95. The second-order valence-electron chi connectivity index (χ2n) is 5.65. The summed E-state index contributed by atoms with van der Waals surface area (Å²) < 4.78 is 13.2. The summed E-state index contributed by atoms with van der Waals surface area (Å²) in [6, 6.07) is 6.31. The van der Waals surface area contributed by atoms with E-state index in [0.717, 1.165) is 21.9 Å². The Balaban J connectivity index is 1.51. The van der Waals surface area contributed by atoms with Gasteiger partial charge in [0.15, 0.2) is 0 Å². The lowest BCUT2D eigenvalue weighted by molar-refractivity contribution is 0.237. The Morgan fingerprint density at radius 2 is 2.32 bits per heavy atom. The fraction of sp³-hybridized carbons (Fsp3) is 0.375. The van der Waals surface area contributed by atoms with Crippen LogP contribution in [0.4, 0.5) is 9.18 Å². The Labute approximate surface area is 132 Å². The molecule has 3 atom stereocenters. The second kappa shape index (κ2) is 6.04. The van der Waals surface area contributed by atoms with Gasteiger partial charge < -0.3 is 10.6 Å². The molecule has 0 unspecified atom stereocenters. The molecule has 1 aliphatic rings. The zero-order chi connectivity index (χ0) is 15.7. The Bertz CT molecular complexity index is 688. The highest BCUT2D eigenvalue weighted by Crippen LogP contribution is 2.40. The molecule has 22 heavy (non-hydrogen) atoms. The van der Waals surface area contributed by atoms with E-state index in [1.54, 1.807) is 23.6 Å². The van der Waals surface area contributed by atoms with Crippen molar-refractivity contribution in [1.82, 2.24) is 15.6 Å². The molecule has 1 heterocycles. The van der Waals surface area contributed by atoms with Crippen LogP contribution < -0.4 is 10.6 Å². The van der Waals surface area contributed by atoms with E-state index in [0.29, 0.717) is 0 Å². The van der Waals surface area contributed by atoms with Crippen LogP contribution in [0.1, 0.15) is 40.8 Å². The number of carbonyl (C=O) groups is 1. The minimum absolute atomic E-state index is 0.0760. The molecule has 1 fully saturated rings. The highest BCUT2D eigenvalue weighted by molar-refractivity contribution is 7.11. The Kier molecular flexibility index (Phi) is 4.11. The highest BCUT2D eigenvalue weighted by atomic mass is 32.1. The molecule has 2 aromatic rings. The number of urea groups is 1. The lowest BCUT2D eigenvalue weighted by atomic mass is 10.1. The third kappa shape index (κ3) is 3.44. The van der Waals surface area contributed by atoms with Gasteiger partial charge in [-0.2, -0.15) is 0 Å². The first-order valence-corrected chi connectivity index (χ1v) is 8.09. The lowest BCUT2D eigenvalue weighted by Crippen LogP contribution is -2.38. The summed E-state index contributed by atoms with van der Waals surface area (Å²) in [6.45, 7) is 3.90. The van der Waals surface area contributed by atoms with Crippen LogP contribution in [0.5, 0.6) is 0 Å². The Morgan fingerprint density at radius 1 is 1.50 bits per heavy atom. The molecule has 116 valence electrons. The fourth-order valence-electron chi connectivity index (χ4n) is 2.50. The minimum Gasteiger partial charge on any atom is -0.335 e. The largest absolute Gasteiger partial charge is 0.335 e. The van der Waals surface area contributed by atoms with Crippen LogP contribution in [-0.4, -0.2) is 17.1 Å². The van der Waals surface area contributed by atoms with Gasteiger partial charge in [0.25, 0.3) is 0 Å². The maximum Gasteiger partial charge on any atom is 0.315 e. The van der Waals surface area contributed by atoms with Gasteiger partial charge in [-0.15, -0.1) is 11.3 Å². The molecule has 6 heteroatoms. The third-order valence-electron chi connectivity index (χ3n) is 3.74. The number of nitrogens with one attached hydrogen (secondary N) is 2. The first kappa shape index (κ1) is 15.0. The molecule has 0 radical (unpaired) electrons. The van der Waals surface area contributed by atoms with Crippen molar-refractivity contribution in [3.8, 4) is 0 Å². The Morgan fingerprint density at radius 3 is 3.00 bits per heavy atom. The summed E-state index contributed by atoms with van der Waals surface area (Å²) in [6.07, 6.45) is 2.65. The molecule has 1 aromatic heterocycles. The number of carbonyl (C=O) groups excluding carboxylic acids is 1. The van der Waals surface area contributed by atoms with Crippen LogP contribution in [-0.2, 0) is 0 Å². The maximum absolute atomic E-state index is 13.2. The van der Waals surface area contributed by atoms with Crippen molar-refractivity contribution in [3.63, 3.8) is 0 Å². The third-order valence-corrected chi connectivity index (χ3v) is 4.84. The van der Waals surface area contributed by atoms with Crippen molar-refractivity contribution in [3.05, 3.63) is 51.7 Å². The first-order chi connectivity index (χ1) is 10.5. The molecular formula is C16H18FN3OS. The van der Waals surface area contributed by atoms with Crippen LogP contribution >= 0.6 is 11.3 Å². The standard InChI is InChI=1S/C16H18FN3OS/c1-9-8-18-15(22-9)10(2)19-16(21)20-14-7-13(14)11-4-3-5-12(17)6-11/h3-6,8,10,13-14H,7H2,1-2H3,(H2,19,20,21)/t10-,13-,14+/m0/s1. The average molecular weight is 319 g/mol. The average Bonchev–Trinajstić information content (AvgIpc) is 3.08. The molecule has 4 nitrogen and oxygen atoms in total. The van der Waals surface area contributed by atoms with Crippen molar-refractivity contribution < 1.29 is 9.18 Å². The van der Waals surface area contributed by atoms with E-state index < -0.39 is 0 Å². The summed E-state index contributed by atoms with van der Waals surface area (Å²) in [7, 11) is 0. The molecule has 1 saturated carbocycles. The number of rotatable bonds is 4. The van der Waals surface area contributed by atoms with Gasteiger partial charge in [-0.1, -0.05) is 12.1 Å². The van der Waals surface area contributed by atoms with E-state index in [-0.39, 0.29) is 29.8 Å². The van der Waals surface area contributed by atoms with E-state index in [2.05, 4.69) is 15.6 Å². The van der Waals surface area contributed by atoms with E-state index in [1.807, 2.05) is 19.9 Å². The predicted octanol–water partition coefficient (Wildman–Crippen LogP) is 3.51. The molecule has 1 aromatic carbocycles. The molecule has 2 amide bonds.